The van der Waals surface area contributed by atoms with E-state index < -0.39 is 0 Å². The van der Waals surface area contributed by atoms with Crippen LogP contribution in [0.4, 0.5) is 0 Å². The first-order valence-corrected chi connectivity index (χ1v) is 3.47. The van der Waals surface area contributed by atoms with Gasteiger partial charge in [-0.25, -0.2) is 0 Å². The average molecular weight is 197 g/mol. The van der Waals surface area contributed by atoms with Gasteiger partial charge in [0.15, 0.2) is 21.3 Å². The molecule has 0 spiro atoms. The molecule has 0 saturated heterocycles. The van der Waals surface area contributed by atoms with E-state index in [0.717, 1.165) is 5.84 Å². The Labute approximate surface area is 46.3 Å². The van der Waals surface area contributed by atoms with Crippen molar-refractivity contribution in [1.29, 1.82) is 0 Å². The summed E-state index contributed by atoms with van der Waals surface area (Å²) < 4.78 is 7.81. The van der Waals surface area contributed by atoms with E-state index in [0.29, 0.717) is 0 Å². The fourth-order valence-corrected chi connectivity index (χ4v) is 1.17. The maximum absolute atomic E-state index is 3.98. The van der Waals surface area contributed by atoms with Gasteiger partial charge in [-0.15, -0.1) is 3.25 Å². The van der Waals surface area contributed by atoms with E-state index in [-0.39, 0.29) is 21.3 Å². The third-order valence-corrected chi connectivity index (χ3v) is 1.80. The Morgan fingerprint density at radius 3 is 2.83 bits per heavy atom. The predicted molar refractivity (Wildman–Crippen MR) is 32.7 cm³/mol. The smallest absolute Gasteiger partial charge is 0.166 e. The molecule has 0 radical (unpaired) electrons. The molecule has 0 aliphatic carbocycles. The van der Waals surface area contributed by atoms with E-state index in [4.69, 9.17) is 0 Å². The Morgan fingerprint density at radius 2 is 2.67 bits per heavy atom. The maximum atomic E-state index is 3.98. The van der Waals surface area contributed by atoms with Crippen molar-refractivity contribution in [3.63, 3.8) is 0 Å². The van der Waals surface area contributed by atoms with Crippen molar-refractivity contribution >= 4 is 27.1 Å². The van der Waals surface area contributed by atoms with Crippen LogP contribution in [0.15, 0.2) is 6.46 Å². The van der Waals surface area contributed by atoms with E-state index >= 15 is 0 Å². The van der Waals surface area contributed by atoms with Gasteiger partial charge in [0.2, 0.25) is 0 Å². The van der Waals surface area contributed by atoms with Gasteiger partial charge in [-0.2, -0.15) is 3.21 Å². The predicted octanol–water partition coefficient (Wildman–Crippen LogP) is 0.992. The SMILES string of the molecule is CC1=NI=NN1. The van der Waals surface area contributed by atoms with Gasteiger partial charge in [-0.1, -0.05) is 0 Å². The third-order valence-electron chi connectivity index (χ3n) is 0.406. The van der Waals surface area contributed by atoms with Crippen molar-refractivity contribution in [1.82, 2.24) is 5.43 Å². The monoisotopic (exact) mass is 197 g/mol. The van der Waals surface area contributed by atoms with Crippen molar-refractivity contribution in [3.8, 4) is 0 Å². The van der Waals surface area contributed by atoms with E-state index in [1.807, 2.05) is 6.92 Å². The van der Waals surface area contributed by atoms with Gasteiger partial charge in [-0.05, 0) is 6.92 Å². The Morgan fingerprint density at radius 1 is 1.83 bits per heavy atom. The lowest BCUT2D eigenvalue weighted by Gasteiger charge is -1.80. The highest BCUT2D eigenvalue weighted by atomic mass is 127. The highest BCUT2D eigenvalue weighted by Crippen LogP contribution is 2.04. The molecule has 0 bridgehead atoms. The highest BCUT2D eigenvalue weighted by Gasteiger charge is 1.87. The Hall–Kier alpha value is -0.0000000000000000555. The molecular formula is C2H4IN3. The van der Waals surface area contributed by atoms with E-state index in [1.165, 1.54) is 0 Å². The number of halogens is 1. The van der Waals surface area contributed by atoms with Crippen LogP contribution in [0, 0.1) is 0 Å². The molecule has 0 aromatic carbocycles. The molecule has 1 aliphatic heterocycles. The van der Waals surface area contributed by atoms with Crippen LogP contribution in [-0.4, -0.2) is 5.84 Å². The molecule has 0 saturated carbocycles. The van der Waals surface area contributed by atoms with Crippen LogP contribution >= 0.6 is 21.3 Å². The molecule has 0 atom stereocenters. The number of rotatable bonds is 0. The second kappa shape index (κ2) is 1.63. The van der Waals surface area contributed by atoms with E-state index in [2.05, 4.69) is 11.9 Å². The average Bonchev–Trinajstić information content (AvgIpc) is 1.86. The Kier molecular flexibility index (Phi) is 1.13. The molecule has 1 rings (SSSR count). The normalized spacial score (nSPS) is 18.5. The van der Waals surface area contributed by atoms with Crippen LogP contribution in [0.3, 0.4) is 0 Å². The molecule has 0 fully saturated rings. The van der Waals surface area contributed by atoms with Crippen LogP contribution in [-0.2, 0) is 0 Å². The van der Waals surface area contributed by atoms with Crippen molar-refractivity contribution in [2.24, 2.45) is 6.46 Å². The molecule has 6 heavy (non-hydrogen) atoms. The second-order valence-corrected chi connectivity index (χ2v) is 2.34. The van der Waals surface area contributed by atoms with Crippen molar-refractivity contribution in [2.45, 2.75) is 6.92 Å². The minimum absolute atomic E-state index is 0.196. The Balaban J connectivity index is 2.61. The summed E-state index contributed by atoms with van der Waals surface area (Å²) in [4.78, 5) is 0. The molecule has 1 aliphatic rings. The third kappa shape index (κ3) is 0.735. The van der Waals surface area contributed by atoms with Crippen LogP contribution in [0.1, 0.15) is 6.92 Å². The lowest BCUT2D eigenvalue weighted by molar-refractivity contribution is 1.08. The summed E-state index contributed by atoms with van der Waals surface area (Å²) in [6, 6.07) is 0. The van der Waals surface area contributed by atoms with Gasteiger partial charge < -0.3 is 0 Å². The highest BCUT2D eigenvalue weighted by molar-refractivity contribution is 14.1. The fraction of sp³-hybridized carbons (Fsp3) is 0.500. The molecule has 0 unspecified atom stereocenters. The zero-order chi connectivity index (χ0) is 4.41. The second-order valence-electron chi connectivity index (χ2n) is 0.942. The summed E-state index contributed by atoms with van der Waals surface area (Å²) in [6.07, 6.45) is 0. The standard InChI is InChI=1S/C2H4IN3/c1-2-4-3-6-5-2/h1H3,(H,4,5,6). The zero-order valence-corrected chi connectivity index (χ0v) is 5.43. The molecule has 3 nitrogen and oxygen atoms in total. The first-order chi connectivity index (χ1) is 2.89. The number of amidine groups is 1. The lowest BCUT2D eigenvalue weighted by atomic mass is 10.7. The molecule has 1 N–H and O–H groups in total. The first-order valence-electron chi connectivity index (χ1n) is 1.54. The minimum Gasteiger partial charge on any atom is -0.258 e. The number of nitrogens with one attached hydrogen (secondary N) is 1. The van der Waals surface area contributed by atoms with Gasteiger partial charge >= 0.3 is 0 Å². The molecule has 1 heterocycles. The lowest BCUT2D eigenvalue weighted by Crippen LogP contribution is -2.06. The zero-order valence-electron chi connectivity index (χ0n) is 3.27. The fourth-order valence-electron chi connectivity index (χ4n) is 0.175. The Bertz CT molecular complexity index is 105. The van der Waals surface area contributed by atoms with Crippen LogP contribution in [0.2, 0.25) is 0 Å². The topological polar surface area (TPSA) is 36.8 Å². The molecule has 0 amide bonds. The van der Waals surface area contributed by atoms with Gasteiger partial charge in [0.25, 0.3) is 0 Å². The van der Waals surface area contributed by atoms with Crippen LogP contribution < -0.4 is 5.43 Å². The van der Waals surface area contributed by atoms with E-state index in [9.17, 15) is 0 Å². The summed E-state index contributed by atoms with van der Waals surface area (Å²) in [7, 11) is 0. The van der Waals surface area contributed by atoms with Crippen molar-refractivity contribution in [3.05, 3.63) is 0 Å². The van der Waals surface area contributed by atoms with E-state index in [1.54, 1.807) is 0 Å². The van der Waals surface area contributed by atoms with Gasteiger partial charge in [0, 0.05) is 0 Å². The summed E-state index contributed by atoms with van der Waals surface area (Å²) in [5.74, 6) is 0.961. The number of nitrogens with zero attached hydrogens (tertiary/aromatic N) is 2. The largest absolute Gasteiger partial charge is 0.258 e. The molecular weight excluding hydrogens is 193 g/mol. The molecule has 4 heteroatoms. The number of hydrogen-bond donors (Lipinski definition) is 1. The van der Waals surface area contributed by atoms with Crippen molar-refractivity contribution < 1.29 is 0 Å². The van der Waals surface area contributed by atoms with Crippen LogP contribution in [0.25, 0.3) is 0 Å². The quantitative estimate of drug-likeness (QED) is 0.577. The first kappa shape index (κ1) is 4.17. The molecule has 0 aromatic heterocycles. The molecule has 0 aromatic rings. The van der Waals surface area contributed by atoms with Gasteiger partial charge in [-0.3, -0.25) is 5.43 Å². The van der Waals surface area contributed by atoms with Crippen LogP contribution in [0.5, 0.6) is 0 Å². The summed E-state index contributed by atoms with van der Waals surface area (Å²) in [5, 5.41) is 0. The molecule has 34 valence electrons. The van der Waals surface area contributed by atoms with Gasteiger partial charge in [0.1, 0.15) is 5.84 Å². The van der Waals surface area contributed by atoms with Gasteiger partial charge in [0.05, 0.1) is 0 Å². The van der Waals surface area contributed by atoms with Crippen molar-refractivity contribution in [2.75, 3.05) is 0 Å². The summed E-state index contributed by atoms with van der Waals surface area (Å²) in [5.41, 5.74) is 2.74. The summed E-state index contributed by atoms with van der Waals surface area (Å²) >= 11 is -0.196. The number of hydrogen-bond acceptors (Lipinski definition) is 3. The minimum atomic E-state index is -0.196. The summed E-state index contributed by atoms with van der Waals surface area (Å²) in [6.45, 7) is 1.91. The maximum Gasteiger partial charge on any atom is 0.166 e.